The highest BCUT2D eigenvalue weighted by Gasteiger charge is 2.45. The fourth-order valence-corrected chi connectivity index (χ4v) is 4.04. The van der Waals surface area contributed by atoms with Crippen LogP contribution in [0.3, 0.4) is 0 Å². The third-order valence-corrected chi connectivity index (χ3v) is 5.24. The van der Waals surface area contributed by atoms with Gasteiger partial charge in [0.1, 0.15) is 6.04 Å². The molecule has 1 aliphatic heterocycles. The number of nitrogens with zero attached hydrogens (tertiary/aromatic N) is 1. The standard InChI is InChI=1S/C17H29NO3/c1-17(2)11-8-12-18(14(17)16(20)21)15(19)13-9-6-4-3-5-7-10-13/h13-14H,3-12H2,1-2H3,(H,20,21). The molecule has 1 unspecified atom stereocenters. The van der Waals surface area contributed by atoms with Crippen LogP contribution in [0.2, 0.25) is 0 Å². The van der Waals surface area contributed by atoms with Crippen LogP contribution in [-0.4, -0.2) is 34.5 Å². The number of carboxylic acids is 1. The number of piperidine rings is 1. The van der Waals surface area contributed by atoms with Crippen molar-refractivity contribution in [1.29, 1.82) is 0 Å². The normalized spacial score (nSPS) is 27.7. The average molecular weight is 295 g/mol. The highest BCUT2D eigenvalue weighted by Crippen LogP contribution is 2.37. The Kier molecular flexibility index (Phi) is 5.28. The van der Waals surface area contributed by atoms with Crippen LogP contribution in [0.25, 0.3) is 0 Å². The number of carbonyl (C=O) groups excluding carboxylic acids is 1. The maximum Gasteiger partial charge on any atom is 0.326 e. The molecule has 0 radical (unpaired) electrons. The van der Waals surface area contributed by atoms with Crippen molar-refractivity contribution < 1.29 is 14.7 Å². The van der Waals surface area contributed by atoms with Gasteiger partial charge in [-0.3, -0.25) is 4.79 Å². The van der Waals surface area contributed by atoms with Gasteiger partial charge in [0.15, 0.2) is 0 Å². The first-order valence-electron chi connectivity index (χ1n) is 8.47. The molecule has 1 saturated heterocycles. The number of hydrogen-bond acceptors (Lipinski definition) is 2. The number of carbonyl (C=O) groups is 2. The molecule has 1 heterocycles. The van der Waals surface area contributed by atoms with Crippen LogP contribution in [0.5, 0.6) is 0 Å². The summed E-state index contributed by atoms with van der Waals surface area (Å²) in [6, 6.07) is -0.663. The number of rotatable bonds is 2. The second-order valence-corrected chi connectivity index (χ2v) is 7.41. The zero-order chi connectivity index (χ0) is 15.5. The predicted octanol–water partition coefficient (Wildman–Crippen LogP) is 3.45. The lowest BCUT2D eigenvalue weighted by molar-refractivity contribution is -0.161. The number of aliphatic carboxylic acids is 1. The van der Waals surface area contributed by atoms with E-state index in [4.69, 9.17) is 0 Å². The molecule has 1 amide bonds. The fourth-order valence-electron chi connectivity index (χ4n) is 4.04. The summed E-state index contributed by atoms with van der Waals surface area (Å²) < 4.78 is 0. The molecule has 21 heavy (non-hydrogen) atoms. The van der Waals surface area contributed by atoms with Gasteiger partial charge < -0.3 is 10.0 Å². The van der Waals surface area contributed by atoms with Crippen LogP contribution in [0.1, 0.15) is 71.6 Å². The molecule has 1 atom stereocenters. The van der Waals surface area contributed by atoms with E-state index in [-0.39, 0.29) is 17.2 Å². The molecule has 2 fully saturated rings. The first-order valence-corrected chi connectivity index (χ1v) is 8.47. The first-order chi connectivity index (χ1) is 9.93. The van der Waals surface area contributed by atoms with Crippen molar-refractivity contribution in [1.82, 2.24) is 4.90 Å². The van der Waals surface area contributed by atoms with Gasteiger partial charge in [-0.2, -0.15) is 0 Å². The van der Waals surface area contributed by atoms with Crippen LogP contribution >= 0.6 is 0 Å². The third-order valence-electron chi connectivity index (χ3n) is 5.24. The smallest absolute Gasteiger partial charge is 0.326 e. The average Bonchev–Trinajstić information content (AvgIpc) is 2.35. The molecule has 0 spiro atoms. The van der Waals surface area contributed by atoms with Gasteiger partial charge in [0.2, 0.25) is 5.91 Å². The highest BCUT2D eigenvalue weighted by molar-refractivity contribution is 5.86. The minimum atomic E-state index is -0.848. The monoisotopic (exact) mass is 295 g/mol. The van der Waals surface area contributed by atoms with Crippen LogP contribution in [-0.2, 0) is 9.59 Å². The Labute approximate surface area is 127 Å². The summed E-state index contributed by atoms with van der Waals surface area (Å²) in [6.45, 7) is 4.56. The highest BCUT2D eigenvalue weighted by atomic mass is 16.4. The van der Waals surface area contributed by atoms with Gasteiger partial charge in [0.25, 0.3) is 0 Å². The second-order valence-electron chi connectivity index (χ2n) is 7.41. The van der Waals surface area contributed by atoms with Crippen LogP contribution < -0.4 is 0 Å². The largest absolute Gasteiger partial charge is 0.480 e. The van der Waals surface area contributed by atoms with Gasteiger partial charge in [-0.15, -0.1) is 0 Å². The zero-order valence-electron chi connectivity index (χ0n) is 13.4. The van der Waals surface area contributed by atoms with Crippen LogP contribution in [0.15, 0.2) is 0 Å². The SMILES string of the molecule is CC1(C)CCCN(C(=O)C2CCCCCCC2)C1C(=O)O. The van der Waals surface area contributed by atoms with Gasteiger partial charge in [-0.25, -0.2) is 4.79 Å². The van der Waals surface area contributed by atoms with Crippen molar-refractivity contribution in [2.75, 3.05) is 6.54 Å². The van der Waals surface area contributed by atoms with Crippen molar-refractivity contribution in [3.8, 4) is 0 Å². The summed E-state index contributed by atoms with van der Waals surface area (Å²) in [4.78, 5) is 26.3. The third kappa shape index (κ3) is 3.78. The lowest BCUT2D eigenvalue weighted by Crippen LogP contribution is -2.57. The van der Waals surface area contributed by atoms with Crippen molar-refractivity contribution in [2.24, 2.45) is 11.3 Å². The fraction of sp³-hybridized carbons (Fsp3) is 0.882. The molecule has 0 aromatic rings. The van der Waals surface area contributed by atoms with E-state index >= 15 is 0 Å². The maximum absolute atomic E-state index is 12.9. The summed E-state index contributed by atoms with van der Waals surface area (Å²) >= 11 is 0. The molecule has 0 bridgehead atoms. The van der Waals surface area contributed by atoms with Crippen molar-refractivity contribution in [3.05, 3.63) is 0 Å². The van der Waals surface area contributed by atoms with Crippen LogP contribution in [0, 0.1) is 11.3 Å². The molecule has 4 nitrogen and oxygen atoms in total. The number of likely N-dealkylation sites (tertiary alicyclic amines) is 1. The Morgan fingerprint density at radius 2 is 1.57 bits per heavy atom. The predicted molar refractivity (Wildman–Crippen MR) is 82.0 cm³/mol. The van der Waals surface area contributed by atoms with Gasteiger partial charge in [-0.05, 0) is 31.1 Å². The summed E-state index contributed by atoms with van der Waals surface area (Å²) in [5.74, 6) is -0.711. The quantitative estimate of drug-likeness (QED) is 0.849. The van der Waals surface area contributed by atoms with E-state index < -0.39 is 12.0 Å². The van der Waals surface area contributed by atoms with Crippen molar-refractivity contribution >= 4 is 11.9 Å². The van der Waals surface area contributed by atoms with E-state index in [9.17, 15) is 14.7 Å². The molecule has 1 saturated carbocycles. The summed E-state index contributed by atoms with van der Waals surface area (Å²) in [6.07, 6.45) is 9.54. The van der Waals surface area contributed by atoms with E-state index in [0.29, 0.717) is 6.54 Å². The Hall–Kier alpha value is -1.06. The molecule has 1 N–H and O–H groups in total. The van der Waals surface area contributed by atoms with Crippen LogP contribution in [0.4, 0.5) is 0 Å². The Morgan fingerprint density at radius 1 is 1.00 bits per heavy atom. The Bertz CT molecular complexity index is 383. The maximum atomic E-state index is 12.9. The molecule has 1 aliphatic carbocycles. The molecule has 0 aromatic carbocycles. The van der Waals surface area contributed by atoms with Gasteiger partial charge in [0, 0.05) is 12.5 Å². The van der Waals surface area contributed by atoms with E-state index in [1.54, 1.807) is 4.90 Å². The van der Waals surface area contributed by atoms with E-state index in [1.165, 1.54) is 19.3 Å². The Balaban J connectivity index is 2.12. The molecule has 2 rings (SSSR count). The number of carboxylic acid groups (broad SMARTS) is 1. The molecule has 120 valence electrons. The van der Waals surface area contributed by atoms with Gasteiger partial charge >= 0.3 is 5.97 Å². The lowest BCUT2D eigenvalue weighted by Gasteiger charge is -2.45. The second kappa shape index (κ2) is 6.80. The van der Waals surface area contributed by atoms with E-state index in [0.717, 1.165) is 38.5 Å². The minimum Gasteiger partial charge on any atom is -0.480 e. The topological polar surface area (TPSA) is 57.6 Å². The molecule has 0 aromatic heterocycles. The Morgan fingerprint density at radius 3 is 2.14 bits per heavy atom. The molecule has 2 aliphatic rings. The van der Waals surface area contributed by atoms with E-state index in [2.05, 4.69) is 0 Å². The molecular weight excluding hydrogens is 266 g/mol. The number of hydrogen-bond donors (Lipinski definition) is 1. The number of amides is 1. The minimum absolute atomic E-state index is 0.0426. The van der Waals surface area contributed by atoms with Gasteiger partial charge in [0.05, 0.1) is 0 Å². The van der Waals surface area contributed by atoms with E-state index in [1.807, 2.05) is 13.8 Å². The van der Waals surface area contributed by atoms with Crippen molar-refractivity contribution in [3.63, 3.8) is 0 Å². The summed E-state index contributed by atoms with van der Waals surface area (Å²) in [7, 11) is 0. The lowest BCUT2D eigenvalue weighted by atomic mass is 9.75. The summed E-state index contributed by atoms with van der Waals surface area (Å²) in [5, 5.41) is 9.60. The molecular formula is C17H29NO3. The molecule has 4 heteroatoms. The van der Waals surface area contributed by atoms with Gasteiger partial charge in [-0.1, -0.05) is 46.0 Å². The van der Waals surface area contributed by atoms with Crippen molar-refractivity contribution in [2.45, 2.75) is 77.7 Å². The zero-order valence-corrected chi connectivity index (χ0v) is 13.4. The first kappa shape index (κ1) is 16.3. The summed E-state index contributed by atoms with van der Waals surface area (Å²) in [5.41, 5.74) is -0.332.